The van der Waals surface area contributed by atoms with Crippen LogP contribution in [0.15, 0.2) is 58.1 Å². The molecule has 156 valence electrons. The smallest absolute Gasteiger partial charge is 0.267 e. The third kappa shape index (κ3) is 3.61. The lowest BCUT2D eigenvalue weighted by Gasteiger charge is -2.19. The summed E-state index contributed by atoms with van der Waals surface area (Å²) in [5, 5.41) is 7.00. The van der Waals surface area contributed by atoms with Crippen LogP contribution < -0.4 is 20.3 Å². The van der Waals surface area contributed by atoms with E-state index in [1.165, 1.54) is 10.9 Å². The number of fused-ring (bicyclic) bond motifs is 2. The highest BCUT2D eigenvalue weighted by Crippen LogP contribution is 2.32. The fourth-order valence-electron chi connectivity index (χ4n) is 3.38. The minimum atomic E-state index is -0.404. The van der Waals surface area contributed by atoms with Gasteiger partial charge in [-0.1, -0.05) is 35.0 Å². The van der Waals surface area contributed by atoms with E-state index < -0.39 is 5.56 Å². The van der Waals surface area contributed by atoms with Gasteiger partial charge in [-0.2, -0.15) is 0 Å². The molecule has 31 heavy (non-hydrogen) atoms. The number of carbonyl (C=O) groups excluding carboxylic acids is 1. The fourth-order valence-corrected chi connectivity index (χ4v) is 3.38. The Labute approximate surface area is 176 Å². The van der Waals surface area contributed by atoms with Crippen molar-refractivity contribution in [3.05, 3.63) is 64.7 Å². The SMILES string of the molecule is Cc1ccc(-c2noc3ncn(CC(=O)Nc4ccc5c(c4)OCCO5)c(=O)c23)cc1. The van der Waals surface area contributed by atoms with Gasteiger partial charge in [-0.05, 0) is 19.1 Å². The molecule has 1 aliphatic rings. The lowest BCUT2D eigenvalue weighted by Crippen LogP contribution is -2.28. The Hall–Kier alpha value is -4.14. The first-order valence-corrected chi connectivity index (χ1v) is 9.70. The number of hydrogen-bond donors (Lipinski definition) is 1. The van der Waals surface area contributed by atoms with Crippen molar-refractivity contribution in [3.8, 4) is 22.8 Å². The minimum absolute atomic E-state index is 0.129. The second-order valence-electron chi connectivity index (χ2n) is 7.16. The number of amides is 1. The maximum absolute atomic E-state index is 13.0. The van der Waals surface area contributed by atoms with Gasteiger partial charge in [0.15, 0.2) is 11.5 Å². The van der Waals surface area contributed by atoms with Gasteiger partial charge in [0.25, 0.3) is 11.3 Å². The number of hydrogen-bond acceptors (Lipinski definition) is 7. The summed E-state index contributed by atoms with van der Waals surface area (Å²) in [6.07, 6.45) is 1.28. The van der Waals surface area contributed by atoms with Crippen LogP contribution in [-0.4, -0.2) is 33.8 Å². The van der Waals surface area contributed by atoms with Gasteiger partial charge in [-0.3, -0.25) is 14.2 Å². The van der Waals surface area contributed by atoms with E-state index in [1.807, 2.05) is 31.2 Å². The van der Waals surface area contributed by atoms with Crippen LogP contribution in [0.1, 0.15) is 5.56 Å². The molecule has 2 aromatic carbocycles. The summed E-state index contributed by atoms with van der Waals surface area (Å²) in [5.41, 5.74) is 2.49. The number of carbonyl (C=O) groups is 1. The van der Waals surface area contributed by atoms with Gasteiger partial charge in [0.05, 0.1) is 0 Å². The average Bonchev–Trinajstić information content (AvgIpc) is 3.21. The normalized spacial score (nSPS) is 12.7. The van der Waals surface area contributed by atoms with Crippen LogP contribution >= 0.6 is 0 Å². The third-order valence-electron chi connectivity index (χ3n) is 4.93. The Bertz CT molecular complexity index is 1340. The standard InChI is InChI=1S/C22H18N4O5/c1-13-2-4-14(5-3-13)20-19-21(31-25-20)23-12-26(22(19)28)11-18(27)24-15-6-7-16-17(10-15)30-9-8-29-16/h2-7,10,12H,8-9,11H2,1H3,(H,24,27). The maximum atomic E-state index is 13.0. The molecule has 3 heterocycles. The highest BCUT2D eigenvalue weighted by Gasteiger charge is 2.18. The number of ether oxygens (including phenoxy) is 2. The van der Waals surface area contributed by atoms with Gasteiger partial charge in [0.1, 0.15) is 37.2 Å². The molecule has 0 unspecified atom stereocenters. The molecule has 1 N–H and O–H groups in total. The second-order valence-corrected chi connectivity index (χ2v) is 7.16. The number of benzene rings is 2. The van der Waals surface area contributed by atoms with Crippen molar-refractivity contribution in [2.24, 2.45) is 0 Å². The third-order valence-corrected chi connectivity index (χ3v) is 4.93. The van der Waals surface area contributed by atoms with Gasteiger partial charge in [-0.15, -0.1) is 0 Å². The van der Waals surface area contributed by atoms with E-state index >= 15 is 0 Å². The molecular weight excluding hydrogens is 400 g/mol. The highest BCUT2D eigenvalue weighted by molar-refractivity contribution is 5.92. The first-order chi connectivity index (χ1) is 15.1. The summed E-state index contributed by atoms with van der Waals surface area (Å²) in [4.78, 5) is 29.7. The van der Waals surface area contributed by atoms with E-state index in [1.54, 1.807) is 18.2 Å². The zero-order valence-electron chi connectivity index (χ0n) is 16.6. The van der Waals surface area contributed by atoms with Crippen LogP contribution in [0.25, 0.3) is 22.4 Å². The molecule has 1 amide bonds. The molecule has 9 nitrogen and oxygen atoms in total. The van der Waals surface area contributed by atoms with E-state index in [2.05, 4.69) is 15.5 Å². The van der Waals surface area contributed by atoms with Crippen LogP contribution in [0, 0.1) is 6.92 Å². The monoisotopic (exact) mass is 418 g/mol. The van der Waals surface area contributed by atoms with Crippen LogP contribution in [0.5, 0.6) is 11.5 Å². The molecule has 2 aromatic heterocycles. The van der Waals surface area contributed by atoms with Crippen molar-refractivity contribution < 1.29 is 18.8 Å². The largest absolute Gasteiger partial charge is 0.486 e. The van der Waals surface area contributed by atoms with Gasteiger partial charge < -0.3 is 19.3 Å². The van der Waals surface area contributed by atoms with Gasteiger partial charge in [0, 0.05) is 17.3 Å². The van der Waals surface area contributed by atoms with Crippen molar-refractivity contribution in [1.82, 2.24) is 14.7 Å². The lowest BCUT2D eigenvalue weighted by atomic mass is 10.1. The van der Waals surface area contributed by atoms with Gasteiger partial charge >= 0.3 is 0 Å². The van der Waals surface area contributed by atoms with E-state index in [9.17, 15) is 9.59 Å². The average molecular weight is 418 g/mol. The Balaban J connectivity index is 1.41. The number of anilines is 1. The Kier molecular flexibility index (Phi) is 4.62. The lowest BCUT2D eigenvalue weighted by molar-refractivity contribution is -0.116. The summed E-state index contributed by atoms with van der Waals surface area (Å²) in [6, 6.07) is 12.7. The quantitative estimate of drug-likeness (QED) is 0.543. The number of nitrogens with one attached hydrogen (secondary N) is 1. The van der Waals surface area contributed by atoms with Crippen molar-refractivity contribution in [3.63, 3.8) is 0 Å². The summed E-state index contributed by atoms with van der Waals surface area (Å²) >= 11 is 0. The zero-order chi connectivity index (χ0) is 21.4. The van der Waals surface area contributed by atoms with E-state index in [-0.39, 0.29) is 23.6 Å². The maximum Gasteiger partial charge on any atom is 0.267 e. The van der Waals surface area contributed by atoms with Gasteiger partial charge in [0.2, 0.25) is 5.91 Å². The molecule has 1 aliphatic heterocycles. The Morgan fingerprint density at radius 3 is 2.68 bits per heavy atom. The Morgan fingerprint density at radius 1 is 1.10 bits per heavy atom. The number of rotatable bonds is 4. The predicted molar refractivity (Wildman–Crippen MR) is 112 cm³/mol. The first-order valence-electron chi connectivity index (χ1n) is 9.70. The van der Waals surface area contributed by atoms with E-state index in [0.29, 0.717) is 36.1 Å². The molecule has 0 fully saturated rings. The van der Waals surface area contributed by atoms with Crippen molar-refractivity contribution in [2.75, 3.05) is 18.5 Å². The molecule has 0 bridgehead atoms. The van der Waals surface area contributed by atoms with Crippen molar-refractivity contribution in [1.29, 1.82) is 0 Å². The molecular formula is C22H18N4O5. The second kappa shape index (κ2) is 7.60. The molecule has 0 saturated carbocycles. The van der Waals surface area contributed by atoms with E-state index in [0.717, 1.165) is 11.1 Å². The molecule has 4 aromatic rings. The molecule has 0 atom stereocenters. The first kappa shape index (κ1) is 18.9. The molecule has 0 spiro atoms. The van der Waals surface area contributed by atoms with Crippen LogP contribution in [0.2, 0.25) is 0 Å². The summed E-state index contributed by atoms with van der Waals surface area (Å²) in [6.45, 7) is 2.70. The van der Waals surface area contributed by atoms with E-state index in [4.69, 9.17) is 14.0 Å². The minimum Gasteiger partial charge on any atom is -0.486 e. The fraction of sp³-hybridized carbons (Fsp3) is 0.182. The predicted octanol–water partition coefficient (Wildman–Crippen LogP) is 2.77. The van der Waals surface area contributed by atoms with Gasteiger partial charge in [-0.25, -0.2) is 4.98 Å². The molecule has 5 rings (SSSR count). The topological polar surface area (TPSA) is 108 Å². The summed E-state index contributed by atoms with van der Waals surface area (Å²) in [5.74, 6) is 0.816. The highest BCUT2D eigenvalue weighted by atomic mass is 16.6. The number of aryl methyl sites for hydroxylation is 1. The van der Waals surface area contributed by atoms with Crippen LogP contribution in [0.4, 0.5) is 5.69 Å². The van der Waals surface area contributed by atoms with Crippen LogP contribution in [0.3, 0.4) is 0 Å². The zero-order valence-corrected chi connectivity index (χ0v) is 16.6. The molecule has 0 saturated heterocycles. The summed E-state index contributed by atoms with van der Waals surface area (Å²) < 4.78 is 17.5. The summed E-state index contributed by atoms with van der Waals surface area (Å²) in [7, 11) is 0. The van der Waals surface area contributed by atoms with Crippen molar-refractivity contribution in [2.45, 2.75) is 13.5 Å². The molecule has 0 radical (unpaired) electrons. The molecule has 0 aliphatic carbocycles. The number of aromatic nitrogens is 3. The number of nitrogens with zero attached hydrogens (tertiary/aromatic N) is 3. The Morgan fingerprint density at radius 2 is 1.87 bits per heavy atom. The van der Waals surface area contributed by atoms with Crippen molar-refractivity contribution >= 4 is 22.7 Å². The van der Waals surface area contributed by atoms with Crippen LogP contribution in [-0.2, 0) is 11.3 Å². The molecule has 9 heteroatoms.